The Balaban J connectivity index is 1.16. The molecule has 164 valence electrons. The molecule has 3 heterocycles. The van der Waals surface area contributed by atoms with Crippen LogP contribution in [0.3, 0.4) is 0 Å². The van der Waals surface area contributed by atoms with Gasteiger partial charge in [-0.3, -0.25) is 9.78 Å². The predicted octanol–water partition coefficient (Wildman–Crippen LogP) is 3.44. The molecule has 1 aliphatic heterocycles. The van der Waals surface area contributed by atoms with Crippen molar-refractivity contribution in [3.63, 3.8) is 0 Å². The largest absolute Gasteiger partial charge is 0.349 e. The van der Waals surface area contributed by atoms with E-state index >= 15 is 0 Å². The van der Waals surface area contributed by atoms with E-state index in [4.69, 9.17) is 4.52 Å². The van der Waals surface area contributed by atoms with Crippen LogP contribution in [0.2, 0.25) is 0 Å². The molecular weight excluding hydrogens is 408 g/mol. The number of carbonyl (C=O) groups is 2. The second-order valence-electron chi connectivity index (χ2n) is 8.19. The van der Waals surface area contributed by atoms with Gasteiger partial charge in [0.05, 0.1) is 0 Å². The molecule has 32 heavy (non-hydrogen) atoms. The average Bonchev–Trinajstić information content (AvgIpc) is 3.51. The van der Waals surface area contributed by atoms with Crippen molar-refractivity contribution >= 4 is 17.6 Å². The molecule has 0 spiro atoms. The van der Waals surface area contributed by atoms with E-state index in [0.29, 0.717) is 47.8 Å². The van der Waals surface area contributed by atoms with Crippen LogP contribution in [0.25, 0.3) is 11.5 Å². The minimum absolute atomic E-state index is 0.103. The summed E-state index contributed by atoms with van der Waals surface area (Å²) in [6, 6.07) is 12.7. The second-order valence-corrected chi connectivity index (χ2v) is 8.19. The van der Waals surface area contributed by atoms with E-state index in [9.17, 15) is 9.59 Å². The first-order valence-electron chi connectivity index (χ1n) is 10.9. The lowest BCUT2D eigenvalue weighted by atomic mass is 9.97. The SMILES string of the molecule is O=C(NC1CC1)c1cccc(NC(=O)N2CCC(c3nc(-c4ccccn4)no3)CC2)c1. The molecule has 5 rings (SSSR count). The second kappa shape index (κ2) is 8.78. The monoisotopic (exact) mass is 432 g/mol. The number of nitrogens with zero attached hydrogens (tertiary/aromatic N) is 4. The highest BCUT2D eigenvalue weighted by molar-refractivity contribution is 5.97. The molecule has 2 aromatic heterocycles. The summed E-state index contributed by atoms with van der Waals surface area (Å²) >= 11 is 0. The molecule has 9 heteroatoms. The van der Waals surface area contributed by atoms with E-state index in [2.05, 4.69) is 25.8 Å². The molecule has 3 amide bonds. The van der Waals surface area contributed by atoms with E-state index in [0.717, 1.165) is 25.7 Å². The lowest BCUT2D eigenvalue weighted by Gasteiger charge is -2.30. The Labute approximate surface area is 185 Å². The van der Waals surface area contributed by atoms with Gasteiger partial charge in [0.15, 0.2) is 0 Å². The van der Waals surface area contributed by atoms with Crippen LogP contribution < -0.4 is 10.6 Å². The number of urea groups is 1. The average molecular weight is 432 g/mol. The zero-order chi connectivity index (χ0) is 21.9. The minimum Gasteiger partial charge on any atom is -0.349 e. The fraction of sp³-hybridized carbons (Fsp3) is 0.348. The summed E-state index contributed by atoms with van der Waals surface area (Å²) in [6.07, 6.45) is 5.23. The van der Waals surface area contributed by atoms with Gasteiger partial charge in [-0.1, -0.05) is 17.3 Å². The number of likely N-dealkylation sites (tertiary alicyclic amines) is 1. The highest BCUT2D eigenvalue weighted by atomic mass is 16.5. The third-order valence-corrected chi connectivity index (χ3v) is 5.76. The number of rotatable bonds is 5. The summed E-state index contributed by atoms with van der Waals surface area (Å²) in [6.45, 7) is 1.17. The third kappa shape index (κ3) is 4.61. The molecule has 0 radical (unpaired) electrons. The molecule has 1 saturated carbocycles. The van der Waals surface area contributed by atoms with Crippen molar-refractivity contribution in [3.8, 4) is 11.5 Å². The van der Waals surface area contributed by atoms with Gasteiger partial charge in [-0.15, -0.1) is 0 Å². The molecule has 0 unspecified atom stereocenters. The number of hydrogen-bond donors (Lipinski definition) is 2. The van der Waals surface area contributed by atoms with E-state index in [1.165, 1.54) is 0 Å². The summed E-state index contributed by atoms with van der Waals surface area (Å²) in [5.41, 5.74) is 1.83. The van der Waals surface area contributed by atoms with Crippen LogP contribution in [-0.4, -0.2) is 51.1 Å². The van der Waals surface area contributed by atoms with Crippen LogP contribution in [0.4, 0.5) is 10.5 Å². The standard InChI is InChI=1S/C23H24N6O3/c30-21(25-17-7-8-17)16-4-3-5-18(14-16)26-23(31)29-12-9-15(10-13-29)22-27-20(28-32-22)19-6-1-2-11-24-19/h1-6,11,14-15,17H,7-10,12-13H2,(H,25,30)(H,26,31). The fourth-order valence-corrected chi connectivity index (χ4v) is 3.77. The van der Waals surface area contributed by atoms with Crippen LogP contribution in [0, 0.1) is 0 Å². The highest BCUT2D eigenvalue weighted by Gasteiger charge is 2.28. The number of nitrogens with one attached hydrogen (secondary N) is 2. The predicted molar refractivity (Wildman–Crippen MR) is 117 cm³/mol. The van der Waals surface area contributed by atoms with Crippen molar-refractivity contribution in [2.75, 3.05) is 18.4 Å². The first kappa shape index (κ1) is 20.2. The minimum atomic E-state index is -0.178. The lowest BCUT2D eigenvalue weighted by Crippen LogP contribution is -2.40. The molecule has 0 atom stereocenters. The van der Waals surface area contributed by atoms with Crippen molar-refractivity contribution < 1.29 is 14.1 Å². The molecule has 0 bridgehead atoms. The maximum atomic E-state index is 12.7. The van der Waals surface area contributed by atoms with Crippen molar-refractivity contribution in [3.05, 3.63) is 60.1 Å². The molecule has 2 fully saturated rings. The maximum absolute atomic E-state index is 12.7. The van der Waals surface area contributed by atoms with Gasteiger partial charge < -0.3 is 20.1 Å². The summed E-state index contributed by atoms with van der Waals surface area (Å²) in [7, 11) is 0. The molecule has 1 aliphatic carbocycles. The van der Waals surface area contributed by atoms with Gasteiger partial charge in [0.1, 0.15) is 5.69 Å². The topological polar surface area (TPSA) is 113 Å². The molecule has 1 saturated heterocycles. The summed E-state index contributed by atoms with van der Waals surface area (Å²) in [5.74, 6) is 1.07. The van der Waals surface area contributed by atoms with E-state index in [1.807, 2.05) is 18.2 Å². The van der Waals surface area contributed by atoms with Crippen LogP contribution >= 0.6 is 0 Å². The van der Waals surface area contributed by atoms with Crippen molar-refractivity contribution in [2.24, 2.45) is 0 Å². The Hall–Kier alpha value is -3.75. The Morgan fingerprint density at radius 2 is 1.88 bits per heavy atom. The number of amides is 3. The van der Waals surface area contributed by atoms with Crippen molar-refractivity contribution in [1.29, 1.82) is 0 Å². The third-order valence-electron chi connectivity index (χ3n) is 5.76. The van der Waals surface area contributed by atoms with Gasteiger partial charge in [0.25, 0.3) is 5.91 Å². The number of piperidine rings is 1. The number of benzene rings is 1. The number of carbonyl (C=O) groups excluding carboxylic acids is 2. The normalized spacial score (nSPS) is 16.6. The first-order valence-corrected chi connectivity index (χ1v) is 10.9. The molecule has 3 aromatic rings. The molecule has 9 nitrogen and oxygen atoms in total. The number of pyridine rings is 1. The highest BCUT2D eigenvalue weighted by Crippen LogP contribution is 2.28. The first-order chi connectivity index (χ1) is 15.7. The lowest BCUT2D eigenvalue weighted by molar-refractivity contribution is 0.0951. The Bertz CT molecular complexity index is 1100. The zero-order valence-corrected chi connectivity index (χ0v) is 17.5. The zero-order valence-electron chi connectivity index (χ0n) is 17.5. The Morgan fingerprint density at radius 3 is 2.62 bits per heavy atom. The summed E-state index contributed by atoms with van der Waals surface area (Å²) in [4.78, 5) is 35.5. The smallest absolute Gasteiger partial charge is 0.321 e. The van der Waals surface area contributed by atoms with Crippen molar-refractivity contribution in [2.45, 2.75) is 37.6 Å². The molecular formula is C23H24N6O3. The Morgan fingerprint density at radius 1 is 1.03 bits per heavy atom. The van der Waals surface area contributed by atoms with Gasteiger partial charge in [0.2, 0.25) is 11.7 Å². The Kier molecular flexibility index (Phi) is 5.53. The van der Waals surface area contributed by atoms with Gasteiger partial charge >= 0.3 is 6.03 Å². The maximum Gasteiger partial charge on any atom is 0.321 e. The number of anilines is 1. The van der Waals surface area contributed by atoms with E-state index in [-0.39, 0.29) is 17.9 Å². The number of aromatic nitrogens is 3. The van der Waals surface area contributed by atoms with Crippen LogP contribution in [0.1, 0.15) is 47.8 Å². The van der Waals surface area contributed by atoms with E-state index in [1.54, 1.807) is 35.4 Å². The van der Waals surface area contributed by atoms with Gasteiger partial charge in [0, 0.05) is 42.5 Å². The van der Waals surface area contributed by atoms with Crippen LogP contribution in [0.15, 0.2) is 53.2 Å². The quantitative estimate of drug-likeness (QED) is 0.639. The van der Waals surface area contributed by atoms with E-state index < -0.39 is 0 Å². The molecule has 1 aromatic carbocycles. The van der Waals surface area contributed by atoms with Crippen LogP contribution in [0.5, 0.6) is 0 Å². The van der Waals surface area contributed by atoms with Gasteiger partial charge in [-0.25, -0.2) is 4.79 Å². The van der Waals surface area contributed by atoms with Crippen LogP contribution in [-0.2, 0) is 0 Å². The summed E-state index contributed by atoms with van der Waals surface area (Å²) in [5, 5.41) is 9.91. The fourth-order valence-electron chi connectivity index (χ4n) is 3.77. The summed E-state index contributed by atoms with van der Waals surface area (Å²) < 4.78 is 5.46. The molecule has 2 N–H and O–H groups in total. The van der Waals surface area contributed by atoms with Crippen molar-refractivity contribution in [1.82, 2.24) is 25.3 Å². The number of hydrogen-bond acceptors (Lipinski definition) is 6. The van der Waals surface area contributed by atoms with Gasteiger partial charge in [-0.2, -0.15) is 4.98 Å². The van der Waals surface area contributed by atoms with Gasteiger partial charge in [-0.05, 0) is 56.0 Å². The molecule has 2 aliphatic rings.